The highest BCUT2D eigenvalue weighted by molar-refractivity contribution is 5.33. The Kier molecular flexibility index (Phi) is 4.40. The van der Waals surface area contributed by atoms with Gasteiger partial charge in [0.2, 0.25) is 0 Å². The van der Waals surface area contributed by atoms with Gasteiger partial charge in [0.25, 0.3) is 0 Å². The first-order chi connectivity index (χ1) is 10.3. The second-order valence-corrected chi connectivity index (χ2v) is 5.50. The molecule has 0 spiro atoms. The Hall–Kier alpha value is -2.01. The van der Waals surface area contributed by atoms with E-state index in [2.05, 4.69) is 27.2 Å². The fourth-order valence-electron chi connectivity index (χ4n) is 2.76. The zero-order valence-electron chi connectivity index (χ0n) is 12.4. The van der Waals surface area contributed by atoms with Crippen molar-refractivity contribution in [3.63, 3.8) is 0 Å². The van der Waals surface area contributed by atoms with Crippen LogP contribution < -0.4 is 5.32 Å². The standard InChI is InChI=1S/C16H21N5/c1-21-9-5-3-7-15(21)14-11-17-12-16(20-14)19-10-13-6-2-4-8-18-13/h2,4,6,8,11-12,15H,3,5,7,9-10H2,1H3,(H,19,20). The van der Waals surface area contributed by atoms with E-state index in [0.29, 0.717) is 12.6 Å². The van der Waals surface area contributed by atoms with E-state index in [1.807, 2.05) is 24.4 Å². The van der Waals surface area contributed by atoms with Gasteiger partial charge in [-0.25, -0.2) is 4.98 Å². The summed E-state index contributed by atoms with van der Waals surface area (Å²) in [6.07, 6.45) is 9.17. The first-order valence-electron chi connectivity index (χ1n) is 7.49. The van der Waals surface area contributed by atoms with Crippen LogP contribution in [0.4, 0.5) is 5.82 Å². The maximum absolute atomic E-state index is 4.72. The van der Waals surface area contributed by atoms with Gasteiger partial charge < -0.3 is 5.32 Å². The highest BCUT2D eigenvalue weighted by Gasteiger charge is 2.22. The molecule has 0 saturated carbocycles. The van der Waals surface area contributed by atoms with Gasteiger partial charge >= 0.3 is 0 Å². The smallest absolute Gasteiger partial charge is 0.145 e. The lowest BCUT2D eigenvalue weighted by Gasteiger charge is -2.31. The molecule has 1 unspecified atom stereocenters. The molecular formula is C16H21N5. The molecule has 2 aromatic rings. The summed E-state index contributed by atoms with van der Waals surface area (Å²) in [4.78, 5) is 15.7. The molecular weight excluding hydrogens is 262 g/mol. The van der Waals surface area contributed by atoms with Gasteiger partial charge in [0.1, 0.15) is 5.82 Å². The van der Waals surface area contributed by atoms with Gasteiger partial charge in [0, 0.05) is 6.20 Å². The summed E-state index contributed by atoms with van der Waals surface area (Å²) in [5, 5.41) is 3.30. The van der Waals surface area contributed by atoms with E-state index in [-0.39, 0.29) is 0 Å². The van der Waals surface area contributed by atoms with E-state index >= 15 is 0 Å². The van der Waals surface area contributed by atoms with Crippen molar-refractivity contribution in [2.45, 2.75) is 31.8 Å². The molecule has 5 heteroatoms. The summed E-state index contributed by atoms with van der Waals surface area (Å²) in [6.45, 7) is 1.80. The van der Waals surface area contributed by atoms with Crippen molar-refractivity contribution < 1.29 is 0 Å². The Balaban J connectivity index is 1.68. The lowest BCUT2D eigenvalue weighted by molar-refractivity contribution is 0.183. The molecule has 3 heterocycles. The van der Waals surface area contributed by atoms with E-state index in [9.17, 15) is 0 Å². The first kappa shape index (κ1) is 13.9. The largest absolute Gasteiger partial charge is 0.363 e. The number of nitrogens with zero attached hydrogens (tertiary/aromatic N) is 4. The Morgan fingerprint density at radius 3 is 3.05 bits per heavy atom. The summed E-state index contributed by atoms with van der Waals surface area (Å²) in [6, 6.07) is 6.30. The average molecular weight is 283 g/mol. The van der Waals surface area contributed by atoms with E-state index in [0.717, 1.165) is 30.2 Å². The van der Waals surface area contributed by atoms with Gasteiger partial charge in [0.15, 0.2) is 0 Å². The van der Waals surface area contributed by atoms with Crippen LogP contribution in [0.15, 0.2) is 36.8 Å². The van der Waals surface area contributed by atoms with Gasteiger partial charge in [-0.3, -0.25) is 14.9 Å². The first-order valence-corrected chi connectivity index (χ1v) is 7.49. The summed E-state index contributed by atoms with van der Waals surface area (Å²) in [5.41, 5.74) is 2.06. The minimum absolute atomic E-state index is 0.392. The number of piperidine rings is 1. The molecule has 1 atom stereocenters. The minimum Gasteiger partial charge on any atom is -0.363 e. The molecule has 1 aliphatic heterocycles. The third kappa shape index (κ3) is 3.55. The molecule has 0 bridgehead atoms. The number of hydrogen-bond acceptors (Lipinski definition) is 5. The fraction of sp³-hybridized carbons (Fsp3) is 0.438. The monoisotopic (exact) mass is 283 g/mol. The lowest BCUT2D eigenvalue weighted by atomic mass is 10.0. The van der Waals surface area contributed by atoms with E-state index in [4.69, 9.17) is 4.98 Å². The van der Waals surface area contributed by atoms with Crippen molar-refractivity contribution in [3.05, 3.63) is 48.2 Å². The number of aromatic nitrogens is 3. The van der Waals surface area contributed by atoms with Crippen LogP contribution in [0, 0.1) is 0 Å². The maximum Gasteiger partial charge on any atom is 0.145 e. The van der Waals surface area contributed by atoms with Crippen LogP contribution in [-0.4, -0.2) is 33.4 Å². The van der Waals surface area contributed by atoms with Crippen LogP contribution in [0.25, 0.3) is 0 Å². The molecule has 0 amide bonds. The lowest BCUT2D eigenvalue weighted by Crippen LogP contribution is -2.30. The van der Waals surface area contributed by atoms with Gasteiger partial charge in [-0.05, 0) is 38.6 Å². The molecule has 1 fully saturated rings. The number of rotatable bonds is 4. The Labute approximate surface area is 125 Å². The molecule has 1 saturated heterocycles. The van der Waals surface area contributed by atoms with Crippen molar-refractivity contribution >= 4 is 5.82 Å². The average Bonchev–Trinajstić information content (AvgIpc) is 2.55. The number of pyridine rings is 1. The van der Waals surface area contributed by atoms with Gasteiger partial charge in [-0.2, -0.15) is 0 Å². The van der Waals surface area contributed by atoms with Crippen molar-refractivity contribution in [1.82, 2.24) is 19.9 Å². The van der Waals surface area contributed by atoms with E-state index < -0.39 is 0 Å². The summed E-state index contributed by atoms with van der Waals surface area (Å²) < 4.78 is 0. The number of hydrogen-bond donors (Lipinski definition) is 1. The quantitative estimate of drug-likeness (QED) is 0.935. The Morgan fingerprint density at radius 1 is 1.29 bits per heavy atom. The number of likely N-dealkylation sites (tertiary alicyclic amines) is 1. The second kappa shape index (κ2) is 6.63. The molecule has 110 valence electrons. The molecule has 3 rings (SSSR count). The van der Waals surface area contributed by atoms with Crippen LogP contribution in [0.3, 0.4) is 0 Å². The zero-order chi connectivity index (χ0) is 14.5. The van der Waals surface area contributed by atoms with E-state index in [1.165, 1.54) is 12.8 Å². The third-order valence-corrected chi connectivity index (χ3v) is 3.94. The van der Waals surface area contributed by atoms with Gasteiger partial charge in [-0.15, -0.1) is 0 Å². The molecule has 21 heavy (non-hydrogen) atoms. The molecule has 0 aliphatic carbocycles. The minimum atomic E-state index is 0.392. The molecule has 5 nitrogen and oxygen atoms in total. The molecule has 0 aromatic carbocycles. The van der Waals surface area contributed by atoms with Gasteiger partial charge in [-0.1, -0.05) is 12.5 Å². The van der Waals surface area contributed by atoms with Crippen molar-refractivity contribution in [2.75, 3.05) is 18.9 Å². The fourth-order valence-corrected chi connectivity index (χ4v) is 2.76. The normalized spacial score (nSPS) is 19.4. The summed E-state index contributed by atoms with van der Waals surface area (Å²) >= 11 is 0. The Bertz CT molecular complexity index is 572. The number of nitrogens with one attached hydrogen (secondary N) is 1. The SMILES string of the molecule is CN1CCCCC1c1cncc(NCc2ccccn2)n1. The second-order valence-electron chi connectivity index (χ2n) is 5.50. The van der Waals surface area contributed by atoms with Crippen molar-refractivity contribution in [1.29, 1.82) is 0 Å². The van der Waals surface area contributed by atoms with Gasteiger partial charge in [0.05, 0.1) is 36.4 Å². The Morgan fingerprint density at radius 2 is 2.24 bits per heavy atom. The van der Waals surface area contributed by atoms with Crippen molar-refractivity contribution in [2.24, 2.45) is 0 Å². The van der Waals surface area contributed by atoms with E-state index in [1.54, 1.807) is 12.4 Å². The maximum atomic E-state index is 4.72. The van der Waals surface area contributed by atoms with Crippen molar-refractivity contribution in [3.8, 4) is 0 Å². The van der Waals surface area contributed by atoms with Crippen LogP contribution in [0.1, 0.15) is 36.7 Å². The highest BCUT2D eigenvalue weighted by Crippen LogP contribution is 2.28. The van der Waals surface area contributed by atoms with Crippen LogP contribution in [-0.2, 0) is 6.54 Å². The molecule has 0 radical (unpaired) electrons. The van der Waals surface area contributed by atoms with Crippen LogP contribution in [0.2, 0.25) is 0 Å². The van der Waals surface area contributed by atoms with Crippen LogP contribution in [0.5, 0.6) is 0 Å². The third-order valence-electron chi connectivity index (χ3n) is 3.94. The summed E-state index contributed by atoms with van der Waals surface area (Å²) in [5.74, 6) is 0.817. The topological polar surface area (TPSA) is 53.9 Å². The molecule has 2 aromatic heterocycles. The predicted molar refractivity (Wildman–Crippen MR) is 82.8 cm³/mol. The molecule has 1 N–H and O–H groups in total. The zero-order valence-corrected chi connectivity index (χ0v) is 12.4. The van der Waals surface area contributed by atoms with Crippen LogP contribution >= 0.6 is 0 Å². The molecule has 1 aliphatic rings. The summed E-state index contributed by atoms with van der Waals surface area (Å²) in [7, 11) is 2.17. The highest BCUT2D eigenvalue weighted by atomic mass is 15.2. The number of anilines is 1. The predicted octanol–water partition coefficient (Wildman–Crippen LogP) is 2.64.